The van der Waals surface area contributed by atoms with Crippen LogP contribution in [0.3, 0.4) is 0 Å². The Kier molecular flexibility index (Phi) is 17.3. The fourth-order valence-corrected chi connectivity index (χ4v) is 2.79. The lowest BCUT2D eigenvalue weighted by molar-refractivity contribution is 0.255. The molecule has 0 heteroatoms. The lowest BCUT2D eigenvalue weighted by Crippen LogP contribution is -2.14. The Morgan fingerprint density at radius 2 is 1.22 bits per heavy atom. The van der Waals surface area contributed by atoms with Gasteiger partial charge in [0.05, 0.1) is 0 Å². The summed E-state index contributed by atoms with van der Waals surface area (Å²) in [4.78, 5) is 0. The van der Waals surface area contributed by atoms with E-state index in [0.29, 0.717) is 10.8 Å². The molecular weight excluding hydrogens is 216 g/mol. The van der Waals surface area contributed by atoms with Crippen LogP contribution >= 0.6 is 0 Å². The van der Waals surface area contributed by atoms with Gasteiger partial charge in [0.2, 0.25) is 0 Å². The van der Waals surface area contributed by atoms with Crippen LogP contribution in [0.1, 0.15) is 108 Å². The van der Waals surface area contributed by atoms with Crippen molar-refractivity contribution in [1.29, 1.82) is 0 Å². The van der Waals surface area contributed by atoms with Crippen molar-refractivity contribution < 1.29 is 0 Å². The first kappa shape index (κ1) is 23.1. The molecule has 0 heterocycles. The molecule has 0 aliphatic heterocycles. The zero-order valence-electron chi connectivity index (χ0n) is 15.2. The number of hydrogen-bond acceptors (Lipinski definition) is 0. The molecule has 0 aromatic heterocycles. The summed E-state index contributed by atoms with van der Waals surface area (Å²) in [6.07, 6.45) is 8.57. The number of unbranched alkanes of at least 4 members (excludes halogenated alkanes) is 1. The van der Waals surface area contributed by atoms with Gasteiger partial charge in [0.25, 0.3) is 0 Å². The summed E-state index contributed by atoms with van der Waals surface area (Å²) in [5.41, 5.74) is 1.31. The monoisotopic (exact) mass is 258 g/mol. The van der Waals surface area contributed by atoms with E-state index in [1.54, 1.807) is 0 Å². The van der Waals surface area contributed by atoms with Crippen LogP contribution < -0.4 is 0 Å². The maximum Gasteiger partial charge on any atom is -0.0321 e. The molecule has 18 heavy (non-hydrogen) atoms. The van der Waals surface area contributed by atoms with Gasteiger partial charge in [0.1, 0.15) is 0 Å². The zero-order valence-corrected chi connectivity index (χ0v) is 15.2. The standard InChI is InChI=1S/C12H24.3C2H6/c1-5-6-7-12(4)9-8-11(2,3)10-12;3*1-2/h5-10H2,1-4H3;3*1-2H3. The minimum atomic E-state index is 0.627. The van der Waals surface area contributed by atoms with Gasteiger partial charge < -0.3 is 0 Å². The average Bonchev–Trinajstić information content (AvgIpc) is 2.69. The van der Waals surface area contributed by atoms with E-state index >= 15 is 0 Å². The van der Waals surface area contributed by atoms with Crippen LogP contribution in [0.2, 0.25) is 0 Å². The van der Waals surface area contributed by atoms with Crippen molar-refractivity contribution in [3.63, 3.8) is 0 Å². The molecular formula is C18H42. The molecule has 114 valence electrons. The van der Waals surface area contributed by atoms with Gasteiger partial charge in [-0.05, 0) is 36.5 Å². The summed E-state index contributed by atoms with van der Waals surface area (Å²) < 4.78 is 0. The highest BCUT2D eigenvalue weighted by atomic mass is 14.4. The summed E-state index contributed by atoms with van der Waals surface area (Å²) in [5.74, 6) is 0. The van der Waals surface area contributed by atoms with Gasteiger partial charge in [-0.15, -0.1) is 0 Å². The molecule has 0 N–H and O–H groups in total. The molecule has 1 fully saturated rings. The highest BCUT2D eigenvalue weighted by Crippen LogP contribution is 2.51. The smallest absolute Gasteiger partial charge is 0.0321 e. The second-order valence-electron chi connectivity index (χ2n) is 5.76. The van der Waals surface area contributed by atoms with E-state index in [1.807, 2.05) is 41.5 Å². The number of hydrogen-bond donors (Lipinski definition) is 0. The van der Waals surface area contributed by atoms with Crippen molar-refractivity contribution in [2.45, 2.75) is 108 Å². The lowest BCUT2D eigenvalue weighted by atomic mass is 9.80. The molecule has 1 atom stereocenters. The van der Waals surface area contributed by atoms with Gasteiger partial charge in [-0.3, -0.25) is 0 Å². The Morgan fingerprint density at radius 1 is 0.778 bits per heavy atom. The van der Waals surface area contributed by atoms with Crippen LogP contribution in [0.4, 0.5) is 0 Å². The normalized spacial score (nSPS) is 23.7. The zero-order chi connectivity index (χ0) is 15.2. The molecule has 0 radical (unpaired) electrons. The van der Waals surface area contributed by atoms with Crippen molar-refractivity contribution in [1.82, 2.24) is 0 Å². The van der Waals surface area contributed by atoms with E-state index in [2.05, 4.69) is 27.7 Å². The largest absolute Gasteiger partial charge is 0.0683 e. The first-order valence-corrected chi connectivity index (χ1v) is 8.47. The third-order valence-corrected chi connectivity index (χ3v) is 3.44. The van der Waals surface area contributed by atoms with Crippen LogP contribution in [0.25, 0.3) is 0 Å². The fourth-order valence-electron chi connectivity index (χ4n) is 2.79. The second-order valence-corrected chi connectivity index (χ2v) is 5.76. The molecule has 0 bridgehead atoms. The maximum absolute atomic E-state index is 2.48. The predicted molar refractivity (Wildman–Crippen MR) is 89.3 cm³/mol. The van der Waals surface area contributed by atoms with Crippen LogP contribution in [0.5, 0.6) is 0 Å². The molecule has 1 saturated carbocycles. The van der Waals surface area contributed by atoms with Gasteiger partial charge in [-0.25, -0.2) is 0 Å². The van der Waals surface area contributed by atoms with Gasteiger partial charge in [0, 0.05) is 0 Å². The van der Waals surface area contributed by atoms with E-state index in [1.165, 1.54) is 38.5 Å². The molecule has 1 unspecified atom stereocenters. The summed E-state index contributed by atoms with van der Waals surface area (Å²) in [7, 11) is 0. The van der Waals surface area contributed by atoms with E-state index in [0.717, 1.165) is 0 Å². The summed E-state index contributed by atoms with van der Waals surface area (Å²) in [6.45, 7) is 21.6. The van der Waals surface area contributed by atoms with Crippen molar-refractivity contribution in [3.8, 4) is 0 Å². The van der Waals surface area contributed by atoms with Crippen LogP contribution in [-0.2, 0) is 0 Å². The Labute approximate surface area is 119 Å². The van der Waals surface area contributed by atoms with Crippen LogP contribution in [-0.4, -0.2) is 0 Å². The Morgan fingerprint density at radius 3 is 1.50 bits per heavy atom. The molecule has 0 saturated heterocycles. The van der Waals surface area contributed by atoms with Crippen molar-refractivity contribution in [2.24, 2.45) is 10.8 Å². The third kappa shape index (κ3) is 11.1. The third-order valence-electron chi connectivity index (χ3n) is 3.44. The highest BCUT2D eigenvalue weighted by Gasteiger charge is 2.38. The molecule has 1 aliphatic rings. The molecule has 0 nitrogen and oxygen atoms in total. The molecule has 0 aromatic carbocycles. The Bertz CT molecular complexity index is 146. The lowest BCUT2D eigenvalue weighted by Gasteiger charge is -2.26. The first-order valence-electron chi connectivity index (χ1n) is 8.47. The van der Waals surface area contributed by atoms with Crippen molar-refractivity contribution in [2.75, 3.05) is 0 Å². The topological polar surface area (TPSA) is 0 Å². The van der Waals surface area contributed by atoms with Gasteiger partial charge in [-0.1, -0.05) is 82.1 Å². The van der Waals surface area contributed by atoms with Crippen molar-refractivity contribution >= 4 is 0 Å². The molecule has 0 spiro atoms. The molecule has 0 amide bonds. The summed E-state index contributed by atoms with van der Waals surface area (Å²) in [5, 5.41) is 0. The van der Waals surface area contributed by atoms with E-state index in [9.17, 15) is 0 Å². The average molecular weight is 259 g/mol. The van der Waals surface area contributed by atoms with E-state index < -0.39 is 0 Å². The van der Waals surface area contributed by atoms with Gasteiger partial charge in [0.15, 0.2) is 0 Å². The quantitative estimate of drug-likeness (QED) is 0.492. The van der Waals surface area contributed by atoms with Gasteiger partial charge in [-0.2, -0.15) is 0 Å². The van der Waals surface area contributed by atoms with Gasteiger partial charge >= 0.3 is 0 Å². The second kappa shape index (κ2) is 13.4. The van der Waals surface area contributed by atoms with Crippen molar-refractivity contribution in [3.05, 3.63) is 0 Å². The fraction of sp³-hybridized carbons (Fsp3) is 1.00. The summed E-state index contributed by atoms with van der Waals surface area (Å²) >= 11 is 0. The predicted octanol–water partition coefficient (Wildman–Crippen LogP) is 7.47. The highest BCUT2D eigenvalue weighted by molar-refractivity contribution is 4.90. The minimum absolute atomic E-state index is 0.627. The summed E-state index contributed by atoms with van der Waals surface area (Å²) in [6, 6.07) is 0. The van der Waals surface area contributed by atoms with Crippen LogP contribution in [0, 0.1) is 10.8 Å². The SMILES string of the molecule is CC.CC.CC.CCCCC1(C)CCC(C)(C)C1. The Balaban J connectivity index is -0.000000328. The van der Waals surface area contributed by atoms with E-state index in [4.69, 9.17) is 0 Å². The molecule has 1 rings (SSSR count). The Hall–Kier alpha value is 0. The number of rotatable bonds is 3. The first-order chi connectivity index (χ1) is 8.47. The molecule has 1 aliphatic carbocycles. The van der Waals surface area contributed by atoms with Crippen LogP contribution in [0.15, 0.2) is 0 Å². The molecule has 0 aromatic rings. The minimum Gasteiger partial charge on any atom is -0.0683 e. The maximum atomic E-state index is 2.48. The van der Waals surface area contributed by atoms with E-state index in [-0.39, 0.29) is 0 Å².